The summed E-state index contributed by atoms with van der Waals surface area (Å²) in [6, 6.07) is 29.0. The van der Waals surface area contributed by atoms with E-state index in [9.17, 15) is 8.42 Å². The van der Waals surface area contributed by atoms with Crippen LogP contribution in [0.2, 0.25) is 0 Å². The third kappa shape index (κ3) is 6.13. The maximum atomic E-state index is 13.5. The number of aromatic nitrogens is 3. The number of para-hydroxylation sites is 3. The molecule has 0 saturated carbocycles. The summed E-state index contributed by atoms with van der Waals surface area (Å²) in [5.41, 5.74) is 4.53. The van der Waals surface area contributed by atoms with Crippen LogP contribution < -0.4 is 34.4 Å². The quantitative estimate of drug-likeness (QED) is 0.236. The molecule has 214 valence electrons. The smallest absolute Gasteiger partial charge is 1.00 e. The molecular weight excluding hydrogens is 760 g/mol. The number of hydrogen-bond acceptors (Lipinski definition) is 5. The summed E-state index contributed by atoms with van der Waals surface area (Å²) in [4.78, 5) is 11.8. The number of nitrogens with one attached hydrogen (secondary N) is 1. The number of anilines is 1. The molecule has 0 aliphatic carbocycles. The van der Waals surface area contributed by atoms with Gasteiger partial charge in [0, 0.05) is 60.8 Å². The van der Waals surface area contributed by atoms with E-state index in [0.717, 1.165) is 44.4 Å². The molecule has 0 radical (unpaired) electrons. The molecule has 0 atom stereocenters. The first kappa shape index (κ1) is 32.5. The fourth-order valence-electron chi connectivity index (χ4n) is 5.05. The minimum absolute atomic E-state index is 0. The second-order valence-electron chi connectivity index (χ2n) is 9.38. The summed E-state index contributed by atoms with van der Waals surface area (Å²) in [6.45, 7) is 0.615. The fourth-order valence-corrected chi connectivity index (χ4v) is 6.29. The number of pyridine rings is 1. The van der Waals surface area contributed by atoms with Crippen LogP contribution in [0.25, 0.3) is 44.1 Å². The van der Waals surface area contributed by atoms with Crippen LogP contribution in [0.1, 0.15) is 0 Å². The molecule has 0 amide bonds. The van der Waals surface area contributed by atoms with Gasteiger partial charge < -0.3 is 34.3 Å². The fraction of sp³-hybridized carbons (Fsp3) is 0.133. The summed E-state index contributed by atoms with van der Waals surface area (Å²) in [5.74, 6) is 0.760. The zero-order chi connectivity index (χ0) is 26.3. The van der Waals surface area contributed by atoms with Gasteiger partial charge >= 0.3 is 21.1 Å². The number of imidazole rings is 1. The van der Waals surface area contributed by atoms with Crippen molar-refractivity contribution in [3.05, 3.63) is 97.2 Å². The monoisotopic (exact) mass is 786 g/mol. The molecular formula is C30H27Cl2N5O2PtS. The van der Waals surface area contributed by atoms with Crippen LogP contribution in [-0.4, -0.2) is 43.6 Å². The number of hydrogen-bond donors (Lipinski definition) is 1. The Hall–Kier alpha value is -3.00. The van der Waals surface area contributed by atoms with Crippen LogP contribution in [0, 0.1) is 0 Å². The standard InChI is InChI=1S/C30H27N5O2S.2ClH.Pt/c1-34(2)26-16-6-12-23-22(26)11-7-17-28(23)38(36,37)32-19-20-35-27-15-4-3-14-25(27)33-30(35)24-13-5-9-21-10-8-18-31-29(21)24;;;/h3-18,32H,19-20H2,1-2H3;2*1H;/q;;;+2/p-2. The second-order valence-corrected chi connectivity index (χ2v) is 11.1. The average Bonchev–Trinajstić information content (AvgIpc) is 3.30. The largest absolute Gasteiger partial charge is 2.00 e. The molecule has 2 aromatic heterocycles. The number of sulfonamides is 1. The van der Waals surface area contributed by atoms with Gasteiger partial charge in [-0.25, -0.2) is 18.1 Å². The minimum atomic E-state index is -3.76. The molecule has 0 saturated heterocycles. The van der Waals surface area contributed by atoms with Crippen molar-refractivity contribution in [1.82, 2.24) is 19.3 Å². The van der Waals surface area contributed by atoms with Crippen LogP contribution in [0.5, 0.6) is 0 Å². The minimum Gasteiger partial charge on any atom is -1.00 e. The predicted octanol–water partition coefficient (Wildman–Crippen LogP) is -0.545. The van der Waals surface area contributed by atoms with E-state index in [1.807, 2.05) is 97.9 Å². The first-order chi connectivity index (χ1) is 18.4. The number of fused-ring (bicyclic) bond motifs is 3. The van der Waals surface area contributed by atoms with Gasteiger partial charge in [-0.3, -0.25) is 4.98 Å². The van der Waals surface area contributed by atoms with E-state index in [4.69, 9.17) is 4.98 Å². The number of halogens is 2. The second kappa shape index (κ2) is 13.3. The van der Waals surface area contributed by atoms with E-state index >= 15 is 0 Å². The van der Waals surface area contributed by atoms with Crippen LogP contribution in [0.4, 0.5) is 5.69 Å². The molecule has 0 spiro atoms. The van der Waals surface area contributed by atoms with E-state index in [1.54, 1.807) is 18.3 Å². The van der Waals surface area contributed by atoms with Crippen molar-refractivity contribution in [3.63, 3.8) is 0 Å². The van der Waals surface area contributed by atoms with E-state index in [2.05, 4.69) is 14.3 Å². The molecule has 6 rings (SSSR count). The number of benzene rings is 4. The third-order valence-electron chi connectivity index (χ3n) is 6.79. The summed E-state index contributed by atoms with van der Waals surface area (Å²) in [6.07, 6.45) is 1.78. The molecule has 41 heavy (non-hydrogen) atoms. The zero-order valence-corrected chi connectivity index (χ0v) is 26.8. The molecule has 1 N–H and O–H groups in total. The van der Waals surface area contributed by atoms with Gasteiger partial charge in [0.15, 0.2) is 0 Å². The van der Waals surface area contributed by atoms with Gasteiger partial charge in [-0.15, -0.1) is 0 Å². The van der Waals surface area contributed by atoms with Gasteiger partial charge in [-0.2, -0.15) is 0 Å². The van der Waals surface area contributed by atoms with Crippen molar-refractivity contribution in [1.29, 1.82) is 0 Å². The van der Waals surface area contributed by atoms with Crippen LogP contribution in [0.3, 0.4) is 0 Å². The van der Waals surface area contributed by atoms with E-state index in [-0.39, 0.29) is 57.3 Å². The Morgan fingerprint density at radius 1 is 0.829 bits per heavy atom. The Labute approximate surface area is 266 Å². The van der Waals surface area contributed by atoms with Gasteiger partial charge in [0.2, 0.25) is 10.0 Å². The number of nitrogens with zero attached hydrogens (tertiary/aromatic N) is 4. The van der Waals surface area contributed by atoms with Gasteiger partial charge in [0.25, 0.3) is 0 Å². The molecule has 0 fully saturated rings. The van der Waals surface area contributed by atoms with Crippen LogP contribution in [0.15, 0.2) is 102 Å². The summed E-state index contributed by atoms with van der Waals surface area (Å²) < 4.78 is 31.9. The van der Waals surface area contributed by atoms with E-state index in [0.29, 0.717) is 11.9 Å². The van der Waals surface area contributed by atoms with Gasteiger partial charge in [0.05, 0.1) is 21.4 Å². The van der Waals surface area contributed by atoms with Crippen molar-refractivity contribution >= 4 is 48.4 Å². The first-order valence-electron chi connectivity index (χ1n) is 12.4. The van der Waals surface area contributed by atoms with Gasteiger partial charge in [-0.05, 0) is 36.4 Å². The Morgan fingerprint density at radius 3 is 2.34 bits per heavy atom. The van der Waals surface area contributed by atoms with Gasteiger partial charge in [0.1, 0.15) is 5.82 Å². The summed E-state index contributed by atoms with van der Waals surface area (Å²) >= 11 is 0. The SMILES string of the molecule is CN(C)c1cccc2c(S(=O)(=O)NCCn3c(-c4cccc5cccnc45)nc4ccccc43)cccc12.[Cl-].[Cl-].[Pt+2]. The number of rotatable bonds is 7. The van der Waals surface area contributed by atoms with Gasteiger partial charge in [-0.1, -0.05) is 54.6 Å². The molecule has 0 aliphatic rings. The zero-order valence-electron chi connectivity index (χ0n) is 22.2. The molecule has 0 aliphatic heterocycles. The van der Waals surface area contributed by atoms with E-state index in [1.165, 1.54) is 0 Å². The van der Waals surface area contributed by atoms with E-state index < -0.39 is 10.0 Å². The van der Waals surface area contributed by atoms with Crippen molar-refractivity contribution in [2.75, 3.05) is 25.5 Å². The third-order valence-corrected chi connectivity index (χ3v) is 8.31. The molecule has 0 unspecified atom stereocenters. The van der Waals surface area contributed by atoms with Crippen molar-refractivity contribution in [2.45, 2.75) is 11.4 Å². The molecule has 2 heterocycles. The Kier molecular flexibility index (Phi) is 10.6. The molecule has 6 aromatic rings. The summed E-state index contributed by atoms with van der Waals surface area (Å²) in [5, 5.41) is 2.62. The maximum absolute atomic E-state index is 13.5. The normalized spacial score (nSPS) is 11.1. The molecule has 0 bridgehead atoms. The maximum Gasteiger partial charge on any atom is 2.00 e. The Balaban J connectivity index is 0.00000154. The molecule has 7 nitrogen and oxygen atoms in total. The molecule has 4 aromatic carbocycles. The Morgan fingerprint density at radius 2 is 1.54 bits per heavy atom. The van der Waals surface area contributed by atoms with Crippen molar-refractivity contribution in [3.8, 4) is 11.4 Å². The average molecular weight is 788 g/mol. The van der Waals surface area contributed by atoms with Crippen LogP contribution >= 0.6 is 0 Å². The molecule has 11 heteroatoms. The predicted molar refractivity (Wildman–Crippen MR) is 154 cm³/mol. The van der Waals surface area contributed by atoms with Crippen molar-refractivity contribution in [2.24, 2.45) is 0 Å². The topological polar surface area (TPSA) is 80.1 Å². The Bertz CT molecular complexity index is 1920. The first-order valence-corrected chi connectivity index (χ1v) is 13.9. The summed E-state index contributed by atoms with van der Waals surface area (Å²) in [7, 11) is 0.140. The van der Waals surface area contributed by atoms with Crippen molar-refractivity contribution < 1.29 is 54.3 Å². The van der Waals surface area contributed by atoms with Crippen LogP contribution in [-0.2, 0) is 37.6 Å².